The van der Waals surface area contributed by atoms with Gasteiger partial charge in [-0.1, -0.05) is 30.3 Å². The summed E-state index contributed by atoms with van der Waals surface area (Å²) in [5.74, 6) is 0.956. The molecule has 0 heterocycles. The second kappa shape index (κ2) is 9.73. The summed E-state index contributed by atoms with van der Waals surface area (Å²) in [6.07, 6.45) is 0. The van der Waals surface area contributed by atoms with Crippen molar-refractivity contribution in [1.29, 1.82) is 0 Å². The van der Waals surface area contributed by atoms with Crippen LogP contribution in [0.2, 0.25) is 0 Å². The zero-order chi connectivity index (χ0) is 19.9. The predicted molar refractivity (Wildman–Crippen MR) is 107 cm³/mol. The molecule has 0 saturated carbocycles. The van der Waals surface area contributed by atoms with Crippen LogP contribution in [0.3, 0.4) is 0 Å². The maximum absolute atomic E-state index is 13.0. The molecule has 0 aromatic heterocycles. The van der Waals surface area contributed by atoms with Crippen molar-refractivity contribution < 1.29 is 17.9 Å². The van der Waals surface area contributed by atoms with E-state index in [1.807, 2.05) is 63.2 Å². The summed E-state index contributed by atoms with van der Waals surface area (Å²) in [6.45, 7) is 5.15. The van der Waals surface area contributed by atoms with Gasteiger partial charge >= 0.3 is 0 Å². The lowest BCUT2D eigenvalue weighted by Gasteiger charge is -2.23. The third-order valence-corrected chi connectivity index (χ3v) is 5.34. The van der Waals surface area contributed by atoms with E-state index in [0.29, 0.717) is 31.3 Å². The first-order chi connectivity index (χ1) is 12.9. The molecule has 0 amide bonds. The Hall–Kier alpha value is -2.09. The van der Waals surface area contributed by atoms with Gasteiger partial charge in [0.1, 0.15) is 0 Å². The highest BCUT2D eigenvalue weighted by Crippen LogP contribution is 2.30. The fourth-order valence-electron chi connectivity index (χ4n) is 2.72. The van der Waals surface area contributed by atoms with E-state index in [1.165, 1.54) is 12.1 Å². The SMILES string of the molecule is CCOc1ccc(S(=O)(=O)NC(CN(C)C)c2ccccc2)cc1OCC. The Morgan fingerprint density at radius 1 is 0.963 bits per heavy atom. The van der Waals surface area contributed by atoms with E-state index >= 15 is 0 Å². The normalized spacial score (nSPS) is 12.8. The van der Waals surface area contributed by atoms with Gasteiger partial charge in [0.25, 0.3) is 0 Å². The molecule has 1 atom stereocenters. The second-order valence-electron chi connectivity index (χ2n) is 6.32. The highest BCUT2D eigenvalue weighted by atomic mass is 32.2. The highest BCUT2D eigenvalue weighted by Gasteiger charge is 2.23. The van der Waals surface area contributed by atoms with Gasteiger partial charge in [0.05, 0.1) is 24.2 Å². The maximum atomic E-state index is 13.0. The number of ether oxygens (including phenoxy) is 2. The number of hydrogen-bond acceptors (Lipinski definition) is 5. The molecule has 27 heavy (non-hydrogen) atoms. The zero-order valence-electron chi connectivity index (χ0n) is 16.3. The largest absolute Gasteiger partial charge is 0.490 e. The van der Waals surface area contributed by atoms with Crippen LogP contribution in [0.5, 0.6) is 11.5 Å². The number of rotatable bonds is 10. The summed E-state index contributed by atoms with van der Waals surface area (Å²) in [6, 6.07) is 13.8. The smallest absolute Gasteiger partial charge is 0.241 e. The molecule has 2 aromatic carbocycles. The third kappa shape index (κ3) is 5.95. The van der Waals surface area contributed by atoms with Crippen LogP contribution in [0.15, 0.2) is 53.4 Å². The van der Waals surface area contributed by atoms with Crippen molar-refractivity contribution in [2.24, 2.45) is 0 Å². The first-order valence-corrected chi connectivity index (χ1v) is 10.5. The molecular formula is C20H28N2O4S. The summed E-state index contributed by atoms with van der Waals surface area (Å²) in [7, 11) is 0.0840. The van der Waals surface area contributed by atoms with Gasteiger partial charge in [-0.15, -0.1) is 0 Å². The van der Waals surface area contributed by atoms with Crippen LogP contribution >= 0.6 is 0 Å². The Kier molecular flexibility index (Phi) is 7.65. The van der Waals surface area contributed by atoms with Crippen LogP contribution in [-0.2, 0) is 10.0 Å². The lowest BCUT2D eigenvalue weighted by molar-refractivity contribution is 0.287. The van der Waals surface area contributed by atoms with Crippen LogP contribution in [-0.4, -0.2) is 47.2 Å². The summed E-state index contributed by atoms with van der Waals surface area (Å²) in [4.78, 5) is 2.10. The first kappa shape index (κ1) is 21.2. The number of likely N-dealkylation sites (N-methyl/N-ethyl adjacent to an activating group) is 1. The molecule has 6 nitrogen and oxygen atoms in total. The molecule has 0 fully saturated rings. The Labute approximate surface area is 162 Å². The summed E-state index contributed by atoms with van der Waals surface area (Å²) < 4.78 is 39.9. The van der Waals surface area contributed by atoms with E-state index < -0.39 is 10.0 Å². The predicted octanol–water partition coefficient (Wildman–Crippen LogP) is 3.07. The van der Waals surface area contributed by atoms with E-state index in [-0.39, 0.29) is 10.9 Å². The average molecular weight is 393 g/mol. The first-order valence-electron chi connectivity index (χ1n) is 8.99. The van der Waals surface area contributed by atoms with Gasteiger partial charge in [-0.25, -0.2) is 13.1 Å². The molecule has 0 aliphatic rings. The summed E-state index contributed by atoms with van der Waals surface area (Å²) in [5.41, 5.74) is 0.908. The average Bonchev–Trinajstić information content (AvgIpc) is 2.63. The number of sulfonamides is 1. The van der Waals surface area contributed by atoms with Crippen LogP contribution in [0.25, 0.3) is 0 Å². The third-order valence-electron chi connectivity index (χ3n) is 3.87. The Bertz CT molecular complexity index is 823. The van der Waals surface area contributed by atoms with Crippen LogP contribution in [0.4, 0.5) is 0 Å². The minimum absolute atomic E-state index is 0.147. The van der Waals surface area contributed by atoms with E-state index in [1.54, 1.807) is 6.07 Å². The molecule has 1 N–H and O–H groups in total. The molecule has 0 bridgehead atoms. The lowest BCUT2D eigenvalue weighted by atomic mass is 10.1. The Morgan fingerprint density at radius 2 is 1.59 bits per heavy atom. The minimum Gasteiger partial charge on any atom is -0.490 e. The van der Waals surface area contributed by atoms with Gasteiger partial charge in [0.15, 0.2) is 11.5 Å². The van der Waals surface area contributed by atoms with E-state index in [9.17, 15) is 8.42 Å². The molecule has 1 unspecified atom stereocenters. The fourth-order valence-corrected chi connectivity index (χ4v) is 3.95. The van der Waals surface area contributed by atoms with Gasteiger partial charge in [-0.05, 0) is 45.6 Å². The van der Waals surface area contributed by atoms with Crippen molar-refractivity contribution in [3.63, 3.8) is 0 Å². The molecule has 2 aromatic rings. The van der Waals surface area contributed by atoms with Gasteiger partial charge in [-0.2, -0.15) is 0 Å². The number of nitrogens with one attached hydrogen (secondary N) is 1. The van der Waals surface area contributed by atoms with Crippen LogP contribution < -0.4 is 14.2 Å². The molecule has 0 aliphatic heterocycles. The number of hydrogen-bond donors (Lipinski definition) is 1. The van der Waals surface area contributed by atoms with Crippen molar-refractivity contribution in [3.8, 4) is 11.5 Å². The lowest BCUT2D eigenvalue weighted by Crippen LogP contribution is -2.35. The molecule has 0 spiro atoms. The van der Waals surface area contributed by atoms with Gasteiger partial charge < -0.3 is 14.4 Å². The number of benzene rings is 2. The molecule has 7 heteroatoms. The molecule has 0 saturated heterocycles. The van der Waals surface area contributed by atoms with E-state index in [2.05, 4.69) is 4.72 Å². The molecule has 0 radical (unpaired) electrons. The van der Waals surface area contributed by atoms with Gasteiger partial charge in [0.2, 0.25) is 10.0 Å². The standard InChI is InChI=1S/C20H28N2O4S/c1-5-25-19-13-12-17(14-20(19)26-6-2)27(23,24)21-18(15-22(3)4)16-10-8-7-9-11-16/h7-14,18,21H,5-6,15H2,1-4H3. The van der Waals surface area contributed by atoms with Crippen molar-refractivity contribution in [1.82, 2.24) is 9.62 Å². The van der Waals surface area contributed by atoms with E-state index in [0.717, 1.165) is 5.56 Å². The van der Waals surface area contributed by atoms with Crippen molar-refractivity contribution in [2.75, 3.05) is 33.9 Å². The van der Waals surface area contributed by atoms with Crippen LogP contribution in [0, 0.1) is 0 Å². The van der Waals surface area contributed by atoms with Crippen molar-refractivity contribution in [3.05, 3.63) is 54.1 Å². The van der Waals surface area contributed by atoms with Crippen molar-refractivity contribution in [2.45, 2.75) is 24.8 Å². The second-order valence-corrected chi connectivity index (χ2v) is 8.04. The number of nitrogens with zero attached hydrogens (tertiary/aromatic N) is 1. The maximum Gasteiger partial charge on any atom is 0.241 e. The Morgan fingerprint density at radius 3 is 2.19 bits per heavy atom. The molecule has 2 rings (SSSR count). The summed E-state index contributed by atoms with van der Waals surface area (Å²) >= 11 is 0. The van der Waals surface area contributed by atoms with Gasteiger partial charge in [-0.3, -0.25) is 0 Å². The minimum atomic E-state index is -3.74. The molecular weight excluding hydrogens is 364 g/mol. The molecule has 0 aliphatic carbocycles. The molecule has 148 valence electrons. The monoisotopic (exact) mass is 392 g/mol. The zero-order valence-corrected chi connectivity index (χ0v) is 17.1. The summed E-state index contributed by atoms with van der Waals surface area (Å²) in [5, 5.41) is 0. The van der Waals surface area contributed by atoms with Crippen LogP contribution in [0.1, 0.15) is 25.5 Å². The van der Waals surface area contributed by atoms with E-state index in [4.69, 9.17) is 9.47 Å². The topological polar surface area (TPSA) is 67.9 Å². The van der Waals surface area contributed by atoms with Crippen molar-refractivity contribution >= 4 is 10.0 Å². The van der Waals surface area contributed by atoms with Gasteiger partial charge in [0, 0.05) is 12.6 Å². The Balaban J connectivity index is 2.34. The highest BCUT2D eigenvalue weighted by molar-refractivity contribution is 7.89. The fraction of sp³-hybridized carbons (Fsp3) is 0.400. The quantitative estimate of drug-likeness (QED) is 0.673.